The standard InChI is InChI=1S/C9H16F3NO2/c1-15-8(14)7(4-2-3-5-13)6-9(10,11)12/h7H,2-6,13H2,1H3. The third-order valence-corrected chi connectivity index (χ3v) is 2.02. The van der Waals surface area contributed by atoms with Gasteiger partial charge in [0.1, 0.15) is 0 Å². The Morgan fingerprint density at radius 3 is 2.40 bits per heavy atom. The summed E-state index contributed by atoms with van der Waals surface area (Å²) in [6.07, 6.45) is -4.16. The number of methoxy groups -OCH3 is 1. The molecule has 0 rings (SSSR count). The van der Waals surface area contributed by atoms with Gasteiger partial charge in [0.25, 0.3) is 0 Å². The molecule has 0 aliphatic carbocycles. The fourth-order valence-electron chi connectivity index (χ4n) is 1.28. The number of carbonyl (C=O) groups is 1. The minimum Gasteiger partial charge on any atom is -0.469 e. The maximum absolute atomic E-state index is 12.1. The van der Waals surface area contributed by atoms with Gasteiger partial charge in [0.2, 0.25) is 0 Å². The molecule has 6 heteroatoms. The van der Waals surface area contributed by atoms with Crippen molar-refractivity contribution in [3.8, 4) is 0 Å². The summed E-state index contributed by atoms with van der Waals surface area (Å²) in [5.41, 5.74) is 5.21. The number of carbonyl (C=O) groups excluding carboxylic acids is 1. The molecule has 0 spiro atoms. The van der Waals surface area contributed by atoms with Crippen LogP contribution in [-0.2, 0) is 9.53 Å². The maximum Gasteiger partial charge on any atom is 0.389 e. The highest BCUT2D eigenvalue weighted by atomic mass is 19.4. The van der Waals surface area contributed by atoms with Gasteiger partial charge in [-0.2, -0.15) is 13.2 Å². The lowest BCUT2D eigenvalue weighted by molar-refractivity contribution is -0.166. The Balaban J connectivity index is 4.13. The Kier molecular flexibility index (Phi) is 6.31. The number of esters is 1. The van der Waals surface area contributed by atoms with Crippen LogP contribution in [0.1, 0.15) is 25.7 Å². The second kappa shape index (κ2) is 6.66. The average molecular weight is 227 g/mol. The minimum atomic E-state index is -4.33. The lowest BCUT2D eigenvalue weighted by atomic mass is 9.98. The molecule has 2 N–H and O–H groups in total. The van der Waals surface area contributed by atoms with Crippen molar-refractivity contribution in [1.29, 1.82) is 0 Å². The molecule has 0 fully saturated rings. The highest BCUT2D eigenvalue weighted by Gasteiger charge is 2.35. The summed E-state index contributed by atoms with van der Waals surface area (Å²) in [5.74, 6) is -1.90. The van der Waals surface area contributed by atoms with Crippen molar-refractivity contribution in [1.82, 2.24) is 0 Å². The summed E-state index contributed by atoms with van der Waals surface area (Å²) >= 11 is 0. The molecule has 0 heterocycles. The van der Waals surface area contributed by atoms with E-state index in [1.807, 2.05) is 0 Å². The van der Waals surface area contributed by atoms with Crippen LogP contribution in [0.15, 0.2) is 0 Å². The second-order valence-electron chi connectivity index (χ2n) is 3.32. The van der Waals surface area contributed by atoms with Gasteiger partial charge >= 0.3 is 12.1 Å². The predicted molar refractivity (Wildman–Crippen MR) is 49.1 cm³/mol. The van der Waals surface area contributed by atoms with Gasteiger partial charge in [0.05, 0.1) is 19.4 Å². The molecule has 0 saturated heterocycles. The summed E-state index contributed by atoms with van der Waals surface area (Å²) in [6, 6.07) is 0. The molecule has 3 nitrogen and oxygen atoms in total. The van der Waals surface area contributed by atoms with Gasteiger partial charge < -0.3 is 10.5 Å². The van der Waals surface area contributed by atoms with Gasteiger partial charge in [-0.25, -0.2) is 0 Å². The SMILES string of the molecule is COC(=O)C(CCCCN)CC(F)(F)F. The van der Waals surface area contributed by atoms with Gasteiger partial charge in [0.15, 0.2) is 0 Å². The van der Waals surface area contributed by atoms with Crippen LogP contribution < -0.4 is 5.73 Å². The number of rotatable bonds is 6. The van der Waals surface area contributed by atoms with Gasteiger partial charge in [-0.15, -0.1) is 0 Å². The molecule has 0 saturated carbocycles. The number of hydrogen-bond acceptors (Lipinski definition) is 3. The average Bonchev–Trinajstić information content (AvgIpc) is 2.13. The van der Waals surface area contributed by atoms with Crippen LogP contribution in [0.4, 0.5) is 13.2 Å². The lowest BCUT2D eigenvalue weighted by Gasteiger charge is -2.16. The van der Waals surface area contributed by atoms with Crippen molar-refractivity contribution in [3.63, 3.8) is 0 Å². The summed E-state index contributed by atoms with van der Waals surface area (Å²) in [5, 5.41) is 0. The molecule has 0 aliphatic heterocycles. The van der Waals surface area contributed by atoms with E-state index in [1.54, 1.807) is 0 Å². The van der Waals surface area contributed by atoms with Crippen LogP contribution in [0.25, 0.3) is 0 Å². The second-order valence-corrected chi connectivity index (χ2v) is 3.32. The highest BCUT2D eigenvalue weighted by Crippen LogP contribution is 2.28. The molecule has 0 radical (unpaired) electrons. The molecule has 0 aromatic heterocycles. The van der Waals surface area contributed by atoms with Gasteiger partial charge in [-0.3, -0.25) is 4.79 Å². The van der Waals surface area contributed by atoms with Gasteiger partial charge in [-0.05, 0) is 19.4 Å². The number of halogens is 3. The van der Waals surface area contributed by atoms with Crippen LogP contribution in [0, 0.1) is 5.92 Å². The molecule has 0 amide bonds. The lowest BCUT2D eigenvalue weighted by Crippen LogP contribution is -2.23. The highest BCUT2D eigenvalue weighted by molar-refractivity contribution is 5.72. The molecule has 1 unspecified atom stereocenters. The Bertz CT molecular complexity index is 194. The first kappa shape index (κ1) is 14.2. The Morgan fingerprint density at radius 2 is 2.00 bits per heavy atom. The fraction of sp³-hybridized carbons (Fsp3) is 0.889. The Labute approximate surface area is 86.8 Å². The largest absolute Gasteiger partial charge is 0.469 e. The molecule has 1 atom stereocenters. The topological polar surface area (TPSA) is 52.3 Å². The van der Waals surface area contributed by atoms with Crippen molar-refractivity contribution in [2.75, 3.05) is 13.7 Å². The number of hydrogen-bond donors (Lipinski definition) is 1. The van der Waals surface area contributed by atoms with E-state index >= 15 is 0 Å². The number of ether oxygens (including phenoxy) is 1. The number of nitrogens with two attached hydrogens (primary N) is 1. The van der Waals surface area contributed by atoms with Crippen LogP contribution in [0.5, 0.6) is 0 Å². The van der Waals surface area contributed by atoms with E-state index in [0.717, 1.165) is 7.11 Å². The third kappa shape index (κ3) is 7.18. The minimum absolute atomic E-state index is 0.170. The monoisotopic (exact) mass is 227 g/mol. The van der Waals surface area contributed by atoms with Gasteiger partial charge in [-0.1, -0.05) is 6.42 Å². The van der Waals surface area contributed by atoms with Crippen molar-refractivity contribution < 1.29 is 22.7 Å². The van der Waals surface area contributed by atoms with E-state index in [0.29, 0.717) is 19.4 Å². The summed E-state index contributed by atoms with van der Waals surface area (Å²) in [6.45, 7) is 0.417. The van der Waals surface area contributed by atoms with E-state index < -0.39 is 24.5 Å². The van der Waals surface area contributed by atoms with Crippen molar-refractivity contribution >= 4 is 5.97 Å². The Morgan fingerprint density at radius 1 is 1.40 bits per heavy atom. The molecule has 0 bridgehead atoms. The third-order valence-electron chi connectivity index (χ3n) is 2.02. The smallest absolute Gasteiger partial charge is 0.389 e. The number of alkyl halides is 3. The molecule has 0 aromatic rings. The van der Waals surface area contributed by atoms with Crippen molar-refractivity contribution in [2.45, 2.75) is 31.9 Å². The summed E-state index contributed by atoms with van der Waals surface area (Å²) in [7, 11) is 1.09. The van der Waals surface area contributed by atoms with Crippen molar-refractivity contribution in [3.05, 3.63) is 0 Å². The normalized spacial score (nSPS) is 13.7. The summed E-state index contributed by atoms with van der Waals surface area (Å²) < 4.78 is 40.6. The molecule has 90 valence electrons. The quantitative estimate of drug-likeness (QED) is 0.556. The maximum atomic E-state index is 12.1. The zero-order valence-electron chi connectivity index (χ0n) is 8.64. The van der Waals surface area contributed by atoms with E-state index in [-0.39, 0.29) is 6.42 Å². The number of unbranched alkanes of at least 4 members (excludes halogenated alkanes) is 1. The van der Waals surface area contributed by atoms with Crippen LogP contribution in [0.2, 0.25) is 0 Å². The molecule has 0 aromatic carbocycles. The fourth-order valence-corrected chi connectivity index (χ4v) is 1.28. The van der Waals surface area contributed by atoms with E-state index in [9.17, 15) is 18.0 Å². The van der Waals surface area contributed by atoms with Crippen LogP contribution in [0.3, 0.4) is 0 Å². The molecule has 15 heavy (non-hydrogen) atoms. The van der Waals surface area contributed by atoms with Gasteiger partial charge in [0, 0.05) is 0 Å². The van der Waals surface area contributed by atoms with E-state index in [1.165, 1.54) is 0 Å². The predicted octanol–water partition coefficient (Wildman–Crippen LogP) is 1.86. The molecular weight excluding hydrogens is 211 g/mol. The zero-order chi connectivity index (χ0) is 11.9. The first-order valence-electron chi connectivity index (χ1n) is 4.75. The molecular formula is C9H16F3NO2. The molecule has 0 aliphatic rings. The van der Waals surface area contributed by atoms with Crippen molar-refractivity contribution in [2.24, 2.45) is 11.7 Å². The zero-order valence-corrected chi connectivity index (χ0v) is 8.64. The van der Waals surface area contributed by atoms with Crippen LogP contribution >= 0.6 is 0 Å². The Hall–Kier alpha value is -0.780. The first-order chi connectivity index (χ1) is 6.90. The summed E-state index contributed by atoms with van der Waals surface area (Å²) in [4.78, 5) is 11.0. The van der Waals surface area contributed by atoms with E-state index in [4.69, 9.17) is 5.73 Å². The van der Waals surface area contributed by atoms with E-state index in [2.05, 4.69) is 4.74 Å². The first-order valence-corrected chi connectivity index (χ1v) is 4.75. The van der Waals surface area contributed by atoms with Crippen LogP contribution in [-0.4, -0.2) is 25.8 Å².